The number of hydrogen-bond acceptors (Lipinski definition) is 6. The third kappa shape index (κ3) is 4.35. The van der Waals surface area contributed by atoms with Gasteiger partial charge in [-0.25, -0.2) is 8.42 Å². The van der Waals surface area contributed by atoms with Gasteiger partial charge in [0.1, 0.15) is 0 Å². The summed E-state index contributed by atoms with van der Waals surface area (Å²) in [6.07, 6.45) is 1.02. The molecular weight excluding hydrogens is 432 g/mol. The molecule has 0 saturated carbocycles. The molecule has 3 aliphatic heterocycles. The Morgan fingerprint density at radius 2 is 1.77 bits per heavy atom. The molecule has 0 radical (unpaired) electrons. The van der Waals surface area contributed by atoms with Gasteiger partial charge < -0.3 is 9.80 Å². The van der Waals surface area contributed by atoms with Gasteiger partial charge in [-0.1, -0.05) is 30.3 Å². The monoisotopic (exact) mass is 456 g/mol. The zero-order valence-corrected chi connectivity index (χ0v) is 18.7. The van der Waals surface area contributed by atoms with Gasteiger partial charge in [0.25, 0.3) is 15.9 Å². The van der Waals surface area contributed by atoms with E-state index in [2.05, 4.69) is 33.6 Å². The van der Waals surface area contributed by atoms with Gasteiger partial charge >= 0.3 is 0 Å². The molecule has 3 heterocycles. The number of fused-ring (bicyclic) bond motifs is 3. The van der Waals surface area contributed by atoms with Crippen molar-refractivity contribution in [3.05, 3.63) is 59.7 Å². The topological polar surface area (TPSA) is 73.3 Å². The summed E-state index contributed by atoms with van der Waals surface area (Å²) in [6.45, 7) is 4.59. The lowest BCUT2D eigenvalue weighted by molar-refractivity contribution is 0.0638. The normalized spacial score (nSPS) is 20.2. The van der Waals surface area contributed by atoms with E-state index in [0.717, 1.165) is 49.7 Å². The van der Waals surface area contributed by atoms with Gasteiger partial charge in [-0.2, -0.15) is 0 Å². The first kappa shape index (κ1) is 20.5. The van der Waals surface area contributed by atoms with Gasteiger partial charge in [0.05, 0.1) is 11.4 Å². The van der Waals surface area contributed by atoms with Crippen LogP contribution in [-0.2, 0) is 16.4 Å². The molecule has 5 rings (SSSR count). The van der Waals surface area contributed by atoms with Gasteiger partial charge in [0.15, 0.2) is 5.17 Å². The second-order valence-electron chi connectivity index (χ2n) is 7.97. The predicted octanol–water partition coefficient (Wildman–Crippen LogP) is 2.30. The molecule has 3 aliphatic rings. The highest BCUT2D eigenvalue weighted by atomic mass is 32.2. The van der Waals surface area contributed by atoms with Gasteiger partial charge in [-0.3, -0.25) is 9.69 Å². The van der Waals surface area contributed by atoms with Crippen LogP contribution in [0.2, 0.25) is 0 Å². The van der Waals surface area contributed by atoms with E-state index >= 15 is 0 Å². The van der Waals surface area contributed by atoms with E-state index in [1.165, 1.54) is 17.3 Å². The average molecular weight is 457 g/mol. The fraction of sp³-hybridized carbons (Fsp3) is 0.364. The van der Waals surface area contributed by atoms with E-state index in [1.807, 2.05) is 34.1 Å². The van der Waals surface area contributed by atoms with Crippen LogP contribution in [-0.4, -0.2) is 74.3 Å². The number of thioether (sulfide) groups is 1. The molecule has 1 fully saturated rings. The number of amidine groups is 1. The van der Waals surface area contributed by atoms with Crippen LogP contribution in [0.5, 0.6) is 0 Å². The molecule has 9 heteroatoms. The van der Waals surface area contributed by atoms with E-state index in [-0.39, 0.29) is 11.7 Å². The van der Waals surface area contributed by atoms with Crippen molar-refractivity contribution < 1.29 is 13.2 Å². The quantitative estimate of drug-likeness (QED) is 0.703. The van der Waals surface area contributed by atoms with E-state index in [0.29, 0.717) is 17.3 Å². The lowest BCUT2D eigenvalue weighted by Crippen LogP contribution is -2.49. The van der Waals surface area contributed by atoms with Crippen molar-refractivity contribution in [1.29, 1.82) is 0 Å². The largest absolute Gasteiger partial charge is 0.336 e. The third-order valence-electron chi connectivity index (χ3n) is 5.94. The van der Waals surface area contributed by atoms with Crippen LogP contribution in [0, 0.1) is 0 Å². The molecule has 0 bridgehead atoms. The first-order valence-electron chi connectivity index (χ1n) is 10.5. The van der Waals surface area contributed by atoms with Gasteiger partial charge in [0, 0.05) is 49.7 Å². The van der Waals surface area contributed by atoms with Crippen LogP contribution in [0.15, 0.2) is 57.8 Å². The SMILES string of the molecule is O=C(c1ccc2c(c1)SC1=NS(=O)(=O)CCN12)N1CCN(CCc2ccccc2)CC1. The first-order chi connectivity index (χ1) is 15.0. The number of amides is 1. The molecule has 0 N–H and O–H groups in total. The number of nitrogens with zero attached hydrogens (tertiary/aromatic N) is 4. The number of rotatable bonds is 4. The van der Waals surface area contributed by atoms with Gasteiger partial charge in [0.2, 0.25) is 0 Å². The smallest absolute Gasteiger partial charge is 0.257 e. The molecule has 2 aromatic carbocycles. The Bertz CT molecular complexity index is 1130. The molecular formula is C22H24N4O3S2. The van der Waals surface area contributed by atoms with Crippen LogP contribution in [0.3, 0.4) is 0 Å². The zero-order valence-electron chi connectivity index (χ0n) is 17.1. The number of piperazine rings is 1. The molecule has 31 heavy (non-hydrogen) atoms. The van der Waals surface area contributed by atoms with E-state index in [4.69, 9.17) is 0 Å². The molecule has 7 nitrogen and oxygen atoms in total. The summed E-state index contributed by atoms with van der Waals surface area (Å²) in [7, 11) is -3.38. The summed E-state index contributed by atoms with van der Waals surface area (Å²) < 4.78 is 27.5. The minimum atomic E-state index is -3.38. The summed E-state index contributed by atoms with van der Waals surface area (Å²) >= 11 is 1.32. The van der Waals surface area contributed by atoms with Crippen molar-refractivity contribution in [3.8, 4) is 0 Å². The number of carbonyl (C=O) groups is 1. The van der Waals surface area contributed by atoms with Crippen LogP contribution in [0.4, 0.5) is 5.69 Å². The predicted molar refractivity (Wildman–Crippen MR) is 123 cm³/mol. The summed E-state index contributed by atoms with van der Waals surface area (Å²) in [5, 5.41) is 0.484. The summed E-state index contributed by atoms with van der Waals surface area (Å²) in [6, 6.07) is 16.1. The summed E-state index contributed by atoms with van der Waals surface area (Å²) in [5.41, 5.74) is 2.92. The first-order valence-corrected chi connectivity index (χ1v) is 12.9. The van der Waals surface area contributed by atoms with Crippen molar-refractivity contribution in [2.45, 2.75) is 11.3 Å². The summed E-state index contributed by atoms with van der Waals surface area (Å²) in [5.74, 6) is 0.0525. The molecule has 0 aliphatic carbocycles. The lowest BCUT2D eigenvalue weighted by Gasteiger charge is -2.34. The minimum absolute atomic E-state index is 0.0196. The molecule has 2 aromatic rings. The van der Waals surface area contributed by atoms with Crippen LogP contribution >= 0.6 is 11.8 Å². The number of carbonyl (C=O) groups excluding carboxylic acids is 1. The van der Waals surface area contributed by atoms with E-state index < -0.39 is 10.0 Å². The maximum Gasteiger partial charge on any atom is 0.257 e. The second-order valence-corrected chi connectivity index (χ2v) is 10.7. The van der Waals surface area contributed by atoms with Gasteiger partial charge in [-0.15, -0.1) is 4.40 Å². The molecule has 1 saturated heterocycles. The molecule has 0 spiro atoms. The standard InChI is InChI=1S/C22H24N4O3S2/c27-21(25-12-10-24(11-13-25)9-8-17-4-2-1-3-5-17)18-6-7-19-20(16-18)30-22-23-31(28,29)15-14-26(19)22/h1-7,16H,8-15H2. The molecule has 1 amide bonds. The molecule has 0 aromatic heterocycles. The fourth-order valence-electron chi connectivity index (χ4n) is 4.15. The van der Waals surface area contributed by atoms with Crippen molar-refractivity contribution in [1.82, 2.24) is 9.80 Å². The molecule has 0 unspecified atom stereocenters. The lowest BCUT2D eigenvalue weighted by atomic mass is 10.1. The zero-order chi connectivity index (χ0) is 21.4. The van der Waals surface area contributed by atoms with Crippen LogP contribution < -0.4 is 4.90 Å². The summed E-state index contributed by atoms with van der Waals surface area (Å²) in [4.78, 5) is 20.2. The van der Waals surface area contributed by atoms with E-state index in [9.17, 15) is 13.2 Å². The van der Waals surface area contributed by atoms with Crippen molar-refractivity contribution >= 4 is 38.5 Å². The number of anilines is 1. The highest BCUT2D eigenvalue weighted by molar-refractivity contribution is 8.15. The van der Waals surface area contributed by atoms with Crippen molar-refractivity contribution in [2.24, 2.45) is 4.40 Å². The molecule has 162 valence electrons. The highest BCUT2D eigenvalue weighted by Gasteiger charge is 2.34. The minimum Gasteiger partial charge on any atom is -0.336 e. The Morgan fingerprint density at radius 1 is 1.00 bits per heavy atom. The van der Waals surface area contributed by atoms with Crippen LogP contribution in [0.25, 0.3) is 0 Å². The van der Waals surface area contributed by atoms with Crippen molar-refractivity contribution in [2.75, 3.05) is 49.9 Å². The Labute approximate surface area is 186 Å². The average Bonchev–Trinajstić information content (AvgIpc) is 3.13. The number of hydrogen-bond donors (Lipinski definition) is 0. The number of benzene rings is 2. The maximum atomic E-state index is 13.1. The Hall–Kier alpha value is -2.36. The Balaban J connectivity index is 1.21. The highest BCUT2D eigenvalue weighted by Crippen LogP contribution is 2.42. The molecule has 0 atom stereocenters. The van der Waals surface area contributed by atoms with Crippen LogP contribution in [0.1, 0.15) is 15.9 Å². The van der Waals surface area contributed by atoms with E-state index in [1.54, 1.807) is 0 Å². The number of sulfonamides is 1. The fourth-order valence-corrected chi connectivity index (χ4v) is 6.45. The second kappa shape index (κ2) is 8.29. The Morgan fingerprint density at radius 3 is 2.55 bits per heavy atom. The third-order valence-corrected chi connectivity index (χ3v) is 8.25. The Kier molecular flexibility index (Phi) is 5.49. The maximum absolute atomic E-state index is 13.1. The van der Waals surface area contributed by atoms with Gasteiger partial charge in [-0.05, 0) is 41.9 Å². The van der Waals surface area contributed by atoms with Crippen molar-refractivity contribution in [3.63, 3.8) is 0 Å².